The van der Waals surface area contributed by atoms with Gasteiger partial charge in [0.2, 0.25) is 0 Å². The Morgan fingerprint density at radius 1 is 1.06 bits per heavy atom. The highest BCUT2D eigenvalue weighted by Crippen LogP contribution is 2.20. The molecule has 0 saturated heterocycles. The molecule has 174 valence electrons. The zero-order valence-electron chi connectivity index (χ0n) is 19.7. The molecule has 0 aliphatic heterocycles. The van der Waals surface area contributed by atoms with Crippen molar-refractivity contribution in [1.29, 1.82) is 0 Å². The van der Waals surface area contributed by atoms with Gasteiger partial charge in [0, 0.05) is 19.1 Å². The van der Waals surface area contributed by atoms with Crippen LogP contribution in [0, 0.1) is 0 Å². The van der Waals surface area contributed by atoms with Crippen LogP contribution in [0.5, 0.6) is 11.5 Å². The lowest BCUT2D eigenvalue weighted by Gasteiger charge is -2.31. The van der Waals surface area contributed by atoms with Crippen molar-refractivity contribution in [3.8, 4) is 11.5 Å². The highest BCUT2D eigenvalue weighted by atomic mass is 16.6. The Morgan fingerprint density at radius 2 is 1.61 bits per heavy atom. The smallest absolute Gasteiger partial charge is 0.407 e. The van der Waals surface area contributed by atoms with Crippen molar-refractivity contribution in [3.05, 3.63) is 24.3 Å². The number of guanidine groups is 1. The number of nitrogens with one attached hydrogen (secondary N) is 3. The average Bonchev–Trinajstić information content (AvgIpc) is 2.71. The summed E-state index contributed by atoms with van der Waals surface area (Å²) < 4.78 is 16.4. The summed E-state index contributed by atoms with van der Waals surface area (Å²) in [6, 6.07) is 8.02. The van der Waals surface area contributed by atoms with Gasteiger partial charge < -0.3 is 30.2 Å². The second kappa shape index (κ2) is 11.7. The van der Waals surface area contributed by atoms with Crippen LogP contribution in [0.25, 0.3) is 0 Å². The van der Waals surface area contributed by atoms with Crippen LogP contribution < -0.4 is 25.4 Å². The molecule has 8 nitrogen and oxygen atoms in total. The fraction of sp³-hybridized carbons (Fsp3) is 0.652. The van der Waals surface area contributed by atoms with E-state index in [-0.39, 0.29) is 18.2 Å². The summed E-state index contributed by atoms with van der Waals surface area (Å²) in [6.07, 6.45) is 3.36. The zero-order chi connectivity index (χ0) is 22.9. The number of aliphatic imine (C=N–C) groups is 1. The SMILES string of the molecule is CN=C(NCC(C)Oc1ccc(OC)cc1)NC1CCC(NC(=O)OC(C)(C)C)CC1. The standard InChI is InChI=1S/C23H38N4O4/c1-16(30-20-13-11-19(29-6)12-14-20)15-25-21(24-5)26-17-7-9-18(10-8-17)27-22(28)31-23(2,3)4/h11-14,16-18H,7-10,15H2,1-6H3,(H,27,28)(H2,24,25,26). The van der Waals surface area contributed by atoms with Crippen molar-refractivity contribution in [2.75, 3.05) is 20.7 Å². The van der Waals surface area contributed by atoms with E-state index in [4.69, 9.17) is 14.2 Å². The Bertz CT molecular complexity index is 707. The van der Waals surface area contributed by atoms with Gasteiger partial charge in [0.25, 0.3) is 0 Å². The quantitative estimate of drug-likeness (QED) is 0.450. The number of amides is 1. The summed E-state index contributed by atoms with van der Waals surface area (Å²) in [5, 5.41) is 9.78. The number of methoxy groups -OCH3 is 1. The molecule has 8 heteroatoms. The number of rotatable bonds is 7. The maximum absolute atomic E-state index is 11.9. The van der Waals surface area contributed by atoms with Crippen LogP contribution in [0.1, 0.15) is 53.4 Å². The van der Waals surface area contributed by atoms with Gasteiger partial charge in [0.15, 0.2) is 5.96 Å². The van der Waals surface area contributed by atoms with Crippen LogP contribution in [-0.2, 0) is 4.74 Å². The van der Waals surface area contributed by atoms with E-state index < -0.39 is 5.60 Å². The first-order chi connectivity index (χ1) is 14.7. The molecule has 0 bridgehead atoms. The van der Waals surface area contributed by atoms with Crippen molar-refractivity contribution in [2.24, 2.45) is 4.99 Å². The number of carbonyl (C=O) groups excluding carboxylic acids is 1. The van der Waals surface area contributed by atoms with Gasteiger partial charge in [-0.1, -0.05) is 0 Å². The molecule has 1 fully saturated rings. The molecule has 1 unspecified atom stereocenters. The predicted octanol–water partition coefficient (Wildman–Crippen LogP) is 3.46. The molecule has 1 aliphatic rings. The Balaban J connectivity index is 1.69. The van der Waals surface area contributed by atoms with E-state index in [0.29, 0.717) is 12.6 Å². The van der Waals surface area contributed by atoms with Crippen LogP contribution in [0.4, 0.5) is 4.79 Å². The maximum atomic E-state index is 11.9. The summed E-state index contributed by atoms with van der Waals surface area (Å²) in [4.78, 5) is 16.3. The van der Waals surface area contributed by atoms with E-state index in [1.165, 1.54) is 0 Å². The Hall–Kier alpha value is -2.64. The number of benzene rings is 1. The molecule has 0 spiro atoms. The van der Waals surface area contributed by atoms with E-state index in [9.17, 15) is 4.79 Å². The average molecular weight is 435 g/mol. The fourth-order valence-electron chi connectivity index (χ4n) is 3.41. The van der Waals surface area contributed by atoms with Crippen LogP contribution in [-0.4, -0.2) is 56.5 Å². The molecule has 1 aliphatic carbocycles. The molecule has 2 rings (SSSR count). The molecule has 1 aromatic carbocycles. The van der Waals surface area contributed by atoms with Gasteiger partial charge in [-0.05, 0) is 77.6 Å². The van der Waals surface area contributed by atoms with Crippen molar-refractivity contribution in [1.82, 2.24) is 16.0 Å². The van der Waals surface area contributed by atoms with Gasteiger partial charge in [-0.3, -0.25) is 4.99 Å². The molecule has 3 N–H and O–H groups in total. The van der Waals surface area contributed by atoms with E-state index in [0.717, 1.165) is 43.1 Å². The molecule has 1 amide bonds. The maximum Gasteiger partial charge on any atom is 0.407 e. The third kappa shape index (κ3) is 9.36. The second-order valence-corrected chi connectivity index (χ2v) is 8.90. The number of hydrogen-bond donors (Lipinski definition) is 3. The van der Waals surface area contributed by atoms with Gasteiger partial charge in [0.1, 0.15) is 23.2 Å². The van der Waals surface area contributed by atoms with Crippen molar-refractivity contribution >= 4 is 12.1 Å². The summed E-state index contributed by atoms with van der Waals surface area (Å²) >= 11 is 0. The summed E-state index contributed by atoms with van der Waals surface area (Å²) in [5.41, 5.74) is -0.477. The number of carbonyl (C=O) groups is 1. The fourth-order valence-corrected chi connectivity index (χ4v) is 3.41. The summed E-state index contributed by atoms with van der Waals surface area (Å²) in [6.45, 7) is 8.25. The summed E-state index contributed by atoms with van der Waals surface area (Å²) in [5.74, 6) is 2.36. The normalized spacial score (nSPS) is 20.4. The third-order valence-corrected chi connectivity index (χ3v) is 4.97. The van der Waals surface area contributed by atoms with Crippen LogP contribution >= 0.6 is 0 Å². The molecule has 0 radical (unpaired) electrons. The third-order valence-electron chi connectivity index (χ3n) is 4.97. The minimum Gasteiger partial charge on any atom is -0.497 e. The first kappa shape index (κ1) is 24.6. The number of hydrogen-bond acceptors (Lipinski definition) is 5. The minimum atomic E-state index is -0.477. The van der Waals surface area contributed by atoms with Gasteiger partial charge in [-0.2, -0.15) is 0 Å². The molecule has 0 heterocycles. The Morgan fingerprint density at radius 3 is 2.13 bits per heavy atom. The number of nitrogens with zero attached hydrogens (tertiary/aromatic N) is 1. The van der Waals surface area contributed by atoms with Crippen molar-refractivity contribution in [3.63, 3.8) is 0 Å². The molecule has 1 atom stereocenters. The van der Waals surface area contributed by atoms with Crippen LogP contribution in [0.2, 0.25) is 0 Å². The Labute approximate surface area is 186 Å². The van der Waals surface area contributed by atoms with Gasteiger partial charge in [-0.25, -0.2) is 4.79 Å². The summed E-state index contributed by atoms with van der Waals surface area (Å²) in [7, 11) is 3.41. The van der Waals surface area contributed by atoms with Gasteiger partial charge in [0.05, 0.1) is 13.7 Å². The number of ether oxygens (including phenoxy) is 3. The zero-order valence-corrected chi connectivity index (χ0v) is 19.7. The minimum absolute atomic E-state index is 0.0271. The first-order valence-electron chi connectivity index (χ1n) is 11.0. The van der Waals surface area contributed by atoms with E-state index >= 15 is 0 Å². The molecule has 1 aromatic rings. The molecule has 31 heavy (non-hydrogen) atoms. The highest BCUT2D eigenvalue weighted by molar-refractivity contribution is 5.80. The largest absolute Gasteiger partial charge is 0.497 e. The van der Waals surface area contributed by atoms with Crippen LogP contribution in [0.3, 0.4) is 0 Å². The van der Waals surface area contributed by atoms with Gasteiger partial charge >= 0.3 is 6.09 Å². The van der Waals surface area contributed by atoms with Crippen molar-refractivity contribution in [2.45, 2.75) is 77.2 Å². The lowest BCUT2D eigenvalue weighted by Crippen LogP contribution is -2.49. The van der Waals surface area contributed by atoms with E-state index in [1.54, 1.807) is 14.2 Å². The molecular weight excluding hydrogens is 396 g/mol. The number of alkyl carbamates (subject to hydrolysis) is 1. The molecule has 1 saturated carbocycles. The van der Waals surface area contributed by atoms with Crippen LogP contribution in [0.15, 0.2) is 29.3 Å². The highest BCUT2D eigenvalue weighted by Gasteiger charge is 2.25. The lowest BCUT2D eigenvalue weighted by molar-refractivity contribution is 0.0490. The van der Waals surface area contributed by atoms with E-state index in [1.807, 2.05) is 52.0 Å². The van der Waals surface area contributed by atoms with Gasteiger partial charge in [-0.15, -0.1) is 0 Å². The topological polar surface area (TPSA) is 93.2 Å². The van der Waals surface area contributed by atoms with E-state index in [2.05, 4.69) is 20.9 Å². The first-order valence-corrected chi connectivity index (χ1v) is 11.0. The molecular formula is C23H38N4O4. The Kier molecular flexibility index (Phi) is 9.27. The van der Waals surface area contributed by atoms with Crippen molar-refractivity contribution < 1.29 is 19.0 Å². The lowest BCUT2D eigenvalue weighted by atomic mass is 9.91. The molecule has 0 aromatic heterocycles. The second-order valence-electron chi connectivity index (χ2n) is 8.90. The monoisotopic (exact) mass is 434 g/mol. The predicted molar refractivity (Wildman–Crippen MR) is 123 cm³/mol.